The first-order valence-electron chi connectivity index (χ1n) is 7.50. The molecule has 0 saturated carbocycles. The Bertz CT molecular complexity index is 542. The number of nitrogens with one attached hydrogen (secondary N) is 1. The second-order valence-electron chi connectivity index (χ2n) is 5.31. The third kappa shape index (κ3) is 4.21. The molecule has 0 spiro atoms. The highest BCUT2D eigenvalue weighted by molar-refractivity contribution is 6.31. The van der Waals surface area contributed by atoms with Crippen molar-refractivity contribution < 1.29 is 4.79 Å². The molecular formula is C16H22ClN3O. The van der Waals surface area contributed by atoms with Gasteiger partial charge in [0.25, 0.3) is 0 Å². The molecule has 1 heterocycles. The summed E-state index contributed by atoms with van der Waals surface area (Å²) in [4.78, 5) is 18.5. The van der Waals surface area contributed by atoms with Gasteiger partial charge in [-0.05, 0) is 37.5 Å². The fourth-order valence-corrected chi connectivity index (χ4v) is 2.61. The molecule has 0 aliphatic carbocycles. The van der Waals surface area contributed by atoms with Crippen LogP contribution in [0.3, 0.4) is 0 Å². The Balaban J connectivity index is 2.03. The molecule has 0 aromatic heterocycles. The van der Waals surface area contributed by atoms with Crippen LogP contribution in [0.5, 0.6) is 0 Å². The number of nitrogens with zero attached hydrogens (tertiary/aromatic N) is 2. The summed E-state index contributed by atoms with van der Waals surface area (Å²) in [5, 5.41) is 3.46. The van der Waals surface area contributed by atoms with Gasteiger partial charge >= 0.3 is 6.03 Å². The highest BCUT2D eigenvalue weighted by Gasteiger charge is 2.19. The van der Waals surface area contributed by atoms with E-state index in [0.717, 1.165) is 55.9 Å². The number of hydrogen-bond donors (Lipinski definition) is 1. The van der Waals surface area contributed by atoms with Crippen molar-refractivity contribution in [3.63, 3.8) is 0 Å². The van der Waals surface area contributed by atoms with E-state index in [-0.39, 0.29) is 6.03 Å². The smallest absolute Gasteiger partial charge is 0.347 e. The largest absolute Gasteiger partial charge is 0.360 e. The van der Waals surface area contributed by atoms with Crippen molar-refractivity contribution in [1.82, 2.24) is 4.90 Å². The topological polar surface area (TPSA) is 44.7 Å². The van der Waals surface area contributed by atoms with Gasteiger partial charge in [0, 0.05) is 30.2 Å². The van der Waals surface area contributed by atoms with E-state index in [1.807, 2.05) is 25.1 Å². The van der Waals surface area contributed by atoms with Crippen LogP contribution in [0.4, 0.5) is 10.5 Å². The SMILES string of the molecule is CCCCN1CCC/C1=N/C(=O)Nc1cccc(Cl)c1C. The van der Waals surface area contributed by atoms with E-state index in [1.165, 1.54) is 0 Å². The minimum atomic E-state index is -0.321. The van der Waals surface area contributed by atoms with Crippen molar-refractivity contribution in [2.45, 2.75) is 39.5 Å². The normalized spacial score (nSPS) is 16.5. The van der Waals surface area contributed by atoms with Gasteiger partial charge in [0.05, 0.1) is 0 Å². The fraction of sp³-hybridized carbons (Fsp3) is 0.500. The van der Waals surface area contributed by atoms with Crippen molar-refractivity contribution in [3.05, 3.63) is 28.8 Å². The van der Waals surface area contributed by atoms with Crippen LogP contribution in [0.25, 0.3) is 0 Å². The number of benzene rings is 1. The highest BCUT2D eigenvalue weighted by atomic mass is 35.5. The molecule has 0 atom stereocenters. The second kappa shape index (κ2) is 7.46. The third-order valence-electron chi connectivity index (χ3n) is 3.71. The molecule has 1 N–H and O–H groups in total. The second-order valence-corrected chi connectivity index (χ2v) is 5.72. The summed E-state index contributed by atoms with van der Waals surface area (Å²) >= 11 is 6.05. The molecule has 1 aliphatic rings. The summed E-state index contributed by atoms with van der Waals surface area (Å²) < 4.78 is 0. The summed E-state index contributed by atoms with van der Waals surface area (Å²) in [6, 6.07) is 5.14. The van der Waals surface area contributed by atoms with Crippen molar-refractivity contribution in [1.29, 1.82) is 0 Å². The zero-order valence-electron chi connectivity index (χ0n) is 12.7. The van der Waals surface area contributed by atoms with Crippen LogP contribution < -0.4 is 5.32 Å². The Morgan fingerprint density at radius 2 is 2.29 bits per heavy atom. The number of hydrogen-bond acceptors (Lipinski definition) is 1. The van der Waals surface area contributed by atoms with Gasteiger partial charge in [-0.2, -0.15) is 4.99 Å². The van der Waals surface area contributed by atoms with Crippen molar-refractivity contribution >= 4 is 29.2 Å². The van der Waals surface area contributed by atoms with Crippen LogP contribution in [0.2, 0.25) is 5.02 Å². The minimum Gasteiger partial charge on any atom is -0.360 e. The minimum absolute atomic E-state index is 0.321. The number of carbonyl (C=O) groups excluding carboxylic acids is 1. The summed E-state index contributed by atoms with van der Waals surface area (Å²) in [6.45, 7) is 6.04. The molecule has 1 fully saturated rings. The Labute approximate surface area is 131 Å². The van der Waals surface area contributed by atoms with Gasteiger partial charge < -0.3 is 10.2 Å². The molecule has 1 saturated heterocycles. The first-order chi connectivity index (χ1) is 10.1. The molecular weight excluding hydrogens is 286 g/mol. The Morgan fingerprint density at radius 3 is 3.05 bits per heavy atom. The lowest BCUT2D eigenvalue weighted by Gasteiger charge is -2.18. The summed E-state index contributed by atoms with van der Waals surface area (Å²) in [5.74, 6) is 0.903. The molecule has 2 rings (SSSR count). The molecule has 114 valence electrons. The standard InChI is InChI=1S/C16H22ClN3O/c1-3-4-10-20-11-6-9-15(20)19-16(21)18-14-8-5-7-13(17)12(14)2/h5,7-8H,3-4,6,9-11H2,1-2H3,(H,18,21)/b19-15-. The van der Waals surface area contributed by atoms with Gasteiger partial charge in [-0.25, -0.2) is 4.79 Å². The van der Waals surface area contributed by atoms with E-state index >= 15 is 0 Å². The van der Waals surface area contributed by atoms with Gasteiger partial charge in [-0.15, -0.1) is 0 Å². The number of amides is 2. The van der Waals surface area contributed by atoms with E-state index < -0.39 is 0 Å². The Kier molecular flexibility index (Phi) is 5.62. The molecule has 1 aromatic carbocycles. The lowest BCUT2D eigenvalue weighted by Crippen LogP contribution is -2.27. The zero-order chi connectivity index (χ0) is 15.2. The van der Waals surface area contributed by atoms with Crippen LogP contribution in [-0.4, -0.2) is 29.9 Å². The Hall–Kier alpha value is -1.55. The maximum atomic E-state index is 12.1. The first-order valence-corrected chi connectivity index (χ1v) is 7.88. The quantitative estimate of drug-likeness (QED) is 0.891. The average Bonchev–Trinajstić information content (AvgIpc) is 2.88. The van der Waals surface area contributed by atoms with E-state index in [0.29, 0.717) is 5.02 Å². The number of urea groups is 1. The van der Waals surface area contributed by atoms with Crippen molar-refractivity contribution in [3.8, 4) is 0 Å². The van der Waals surface area contributed by atoms with E-state index in [2.05, 4.69) is 22.1 Å². The predicted octanol–water partition coefficient (Wildman–Crippen LogP) is 4.47. The van der Waals surface area contributed by atoms with Gasteiger partial charge in [-0.3, -0.25) is 0 Å². The number of likely N-dealkylation sites (tertiary alicyclic amines) is 1. The number of amidine groups is 1. The van der Waals surface area contributed by atoms with Gasteiger partial charge in [0.2, 0.25) is 0 Å². The van der Waals surface area contributed by atoms with E-state index in [1.54, 1.807) is 0 Å². The first kappa shape index (κ1) is 15.8. The zero-order valence-corrected chi connectivity index (χ0v) is 13.4. The van der Waals surface area contributed by atoms with Crippen LogP contribution in [0.1, 0.15) is 38.2 Å². The number of aliphatic imine (C=N–C) groups is 1. The molecule has 4 nitrogen and oxygen atoms in total. The maximum Gasteiger partial charge on any atom is 0.347 e. The average molecular weight is 308 g/mol. The molecule has 1 aliphatic heterocycles. The maximum absolute atomic E-state index is 12.1. The molecule has 1 aromatic rings. The third-order valence-corrected chi connectivity index (χ3v) is 4.12. The molecule has 0 bridgehead atoms. The molecule has 0 unspecified atom stereocenters. The molecule has 21 heavy (non-hydrogen) atoms. The van der Waals surface area contributed by atoms with Crippen LogP contribution in [0, 0.1) is 6.92 Å². The highest BCUT2D eigenvalue weighted by Crippen LogP contribution is 2.23. The predicted molar refractivity (Wildman–Crippen MR) is 88.4 cm³/mol. The van der Waals surface area contributed by atoms with E-state index in [9.17, 15) is 4.79 Å². The van der Waals surface area contributed by atoms with Crippen LogP contribution >= 0.6 is 11.6 Å². The van der Waals surface area contributed by atoms with Gasteiger partial charge in [0.1, 0.15) is 5.84 Å². The molecule has 0 radical (unpaired) electrons. The summed E-state index contributed by atoms with van der Waals surface area (Å²) in [5.41, 5.74) is 1.58. The van der Waals surface area contributed by atoms with E-state index in [4.69, 9.17) is 11.6 Å². The lowest BCUT2D eigenvalue weighted by atomic mass is 10.2. The summed E-state index contributed by atoms with van der Waals surface area (Å²) in [6.07, 6.45) is 4.24. The number of anilines is 1. The number of carbonyl (C=O) groups is 1. The van der Waals surface area contributed by atoms with Crippen LogP contribution in [-0.2, 0) is 0 Å². The van der Waals surface area contributed by atoms with Gasteiger partial charge in [-0.1, -0.05) is 31.0 Å². The number of rotatable bonds is 4. The number of unbranched alkanes of at least 4 members (excludes halogenated alkanes) is 1. The molecule has 5 heteroatoms. The van der Waals surface area contributed by atoms with Gasteiger partial charge in [0.15, 0.2) is 0 Å². The van der Waals surface area contributed by atoms with Crippen molar-refractivity contribution in [2.24, 2.45) is 4.99 Å². The van der Waals surface area contributed by atoms with Crippen molar-refractivity contribution in [2.75, 3.05) is 18.4 Å². The monoisotopic (exact) mass is 307 g/mol. The number of halogens is 1. The fourth-order valence-electron chi connectivity index (χ4n) is 2.43. The molecule has 2 amide bonds. The van der Waals surface area contributed by atoms with Crippen LogP contribution in [0.15, 0.2) is 23.2 Å². The lowest BCUT2D eigenvalue weighted by molar-refractivity contribution is 0.259. The summed E-state index contributed by atoms with van der Waals surface area (Å²) in [7, 11) is 0. The Morgan fingerprint density at radius 1 is 1.48 bits per heavy atom.